The van der Waals surface area contributed by atoms with Gasteiger partial charge in [0.2, 0.25) is 0 Å². The summed E-state index contributed by atoms with van der Waals surface area (Å²) >= 11 is 1.35. The third-order valence-electron chi connectivity index (χ3n) is 1.67. The Kier molecular flexibility index (Phi) is 3.48. The van der Waals surface area contributed by atoms with Gasteiger partial charge < -0.3 is 0 Å². The van der Waals surface area contributed by atoms with Crippen molar-refractivity contribution in [1.82, 2.24) is 0 Å². The van der Waals surface area contributed by atoms with E-state index in [1.807, 2.05) is 6.26 Å². The van der Waals surface area contributed by atoms with E-state index in [-0.39, 0.29) is 11.6 Å². The first-order valence-electron chi connectivity index (χ1n) is 3.95. The molecule has 0 aromatic heterocycles. The van der Waals surface area contributed by atoms with E-state index < -0.39 is 0 Å². The quantitative estimate of drug-likeness (QED) is 0.694. The molecule has 0 aliphatic carbocycles. The van der Waals surface area contributed by atoms with Crippen LogP contribution in [-0.2, 0) is 11.2 Å². The Balaban J connectivity index is 2.92. The highest BCUT2D eigenvalue weighted by Gasteiger charge is 2.03. The lowest BCUT2D eigenvalue weighted by atomic mass is 10.1. The first-order valence-corrected chi connectivity index (χ1v) is 5.18. The maximum absolute atomic E-state index is 13.0. The third-order valence-corrected chi connectivity index (χ3v) is 2.42. The molecule has 0 atom stereocenters. The van der Waals surface area contributed by atoms with Crippen LogP contribution in [0.4, 0.5) is 4.39 Å². The zero-order chi connectivity index (χ0) is 9.84. The number of hydrogen-bond donors (Lipinski definition) is 0. The second-order valence-corrected chi connectivity index (χ2v) is 3.70. The molecule has 0 heterocycles. The average molecular weight is 198 g/mol. The molecule has 0 aliphatic rings. The first kappa shape index (κ1) is 10.3. The second kappa shape index (κ2) is 4.42. The minimum atomic E-state index is -0.222. The lowest BCUT2D eigenvalue weighted by molar-refractivity contribution is -0.116. The van der Waals surface area contributed by atoms with Crippen LogP contribution in [0.5, 0.6) is 0 Å². The molecule has 3 heteroatoms. The van der Waals surface area contributed by atoms with E-state index in [4.69, 9.17) is 0 Å². The number of Topliss-reactive ketones (excluding diaryl/α,β-unsaturated/α-hetero) is 1. The summed E-state index contributed by atoms with van der Waals surface area (Å²) in [4.78, 5) is 11.4. The summed E-state index contributed by atoms with van der Waals surface area (Å²) in [6.07, 6.45) is 2.20. The number of hydrogen-bond acceptors (Lipinski definition) is 2. The van der Waals surface area contributed by atoms with E-state index in [9.17, 15) is 9.18 Å². The van der Waals surface area contributed by atoms with Crippen LogP contribution in [0.3, 0.4) is 0 Å². The highest BCUT2D eigenvalue weighted by molar-refractivity contribution is 7.98. The van der Waals surface area contributed by atoms with Crippen molar-refractivity contribution in [3.8, 4) is 0 Å². The van der Waals surface area contributed by atoms with Crippen molar-refractivity contribution in [2.45, 2.75) is 18.2 Å². The van der Waals surface area contributed by atoms with Crippen LogP contribution in [0.2, 0.25) is 0 Å². The second-order valence-electron chi connectivity index (χ2n) is 2.85. The smallest absolute Gasteiger partial charge is 0.136 e. The van der Waals surface area contributed by atoms with E-state index in [0.717, 1.165) is 5.56 Å². The molecule has 0 bridgehead atoms. The minimum absolute atomic E-state index is 0.0960. The van der Waals surface area contributed by atoms with Crippen molar-refractivity contribution in [1.29, 1.82) is 0 Å². The molecule has 0 saturated heterocycles. The van der Waals surface area contributed by atoms with E-state index in [2.05, 4.69) is 0 Å². The zero-order valence-electron chi connectivity index (χ0n) is 7.63. The van der Waals surface area contributed by atoms with Gasteiger partial charge in [-0.15, -0.1) is 11.8 Å². The summed E-state index contributed by atoms with van der Waals surface area (Å²) in [6.45, 7) is 1.53. The molecule has 0 spiro atoms. The predicted octanol–water partition coefficient (Wildman–Crippen LogP) is 2.68. The molecule has 1 nitrogen and oxygen atoms in total. The van der Waals surface area contributed by atoms with Crippen LogP contribution in [0.15, 0.2) is 23.1 Å². The number of rotatable bonds is 3. The van der Waals surface area contributed by atoms with Crippen molar-refractivity contribution < 1.29 is 9.18 Å². The van der Waals surface area contributed by atoms with Crippen LogP contribution in [-0.4, -0.2) is 12.0 Å². The number of benzene rings is 1. The largest absolute Gasteiger partial charge is 0.300 e. The van der Waals surface area contributed by atoms with Crippen LogP contribution >= 0.6 is 11.8 Å². The molecular weight excluding hydrogens is 187 g/mol. The minimum Gasteiger partial charge on any atom is -0.300 e. The van der Waals surface area contributed by atoms with E-state index in [1.54, 1.807) is 12.1 Å². The lowest BCUT2D eigenvalue weighted by Crippen LogP contribution is -1.96. The maximum Gasteiger partial charge on any atom is 0.136 e. The van der Waals surface area contributed by atoms with Gasteiger partial charge in [0.25, 0.3) is 0 Å². The SMILES string of the molecule is CSc1cc(CC(C)=O)ccc1F. The number of halogens is 1. The average Bonchev–Trinajstić information content (AvgIpc) is 2.07. The van der Waals surface area contributed by atoms with Crippen LogP contribution < -0.4 is 0 Å². The normalized spacial score (nSPS) is 10.1. The van der Waals surface area contributed by atoms with Crippen molar-refractivity contribution in [3.05, 3.63) is 29.6 Å². The van der Waals surface area contributed by atoms with Gasteiger partial charge in [-0.25, -0.2) is 4.39 Å². The fourth-order valence-corrected chi connectivity index (χ4v) is 1.63. The number of ketones is 1. The Labute approximate surface area is 81.3 Å². The summed E-state index contributed by atoms with van der Waals surface area (Å²) in [5.41, 5.74) is 0.873. The molecule has 0 N–H and O–H groups in total. The van der Waals surface area contributed by atoms with E-state index in [0.29, 0.717) is 11.3 Å². The fraction of sp³-hybridized carbons (Fsp3) is 0.300. The van der Waals surface area contributed by atoms with Gasteiger partial charge in [0.05, 0.1) is 0 Å². The van der Waals surface area contributed by atoms with Gasteiger partial charge in [0.15, 0.2) is 0 Å². The Morgan fingerprint density at radius 1 is 1.54 bits per heavy atom. The Morgan fingerprint density at radius 3 is 2.77 bits per heavy atom. The standard InChI is InChI=1S/C10H11FOS/c1-7(12)5-8-3-4-9(11)10(6-8)13-2/h3-4,6H,5H2,1-2H3. The van der Waals surface area contributed by atoms with Crippen molar-refractivity contribution in [2.24, 2.45) is 0 Å². The van der Waals surface area contributed by atoms with Gasteiger partial charge in [-0.1, -0.05) is 6.07 Å². The highest BCUT2D eigenvalue weighted by Crippen LogP contribution is 2.20. The lowest BCUT2D eigenvalue weighted by Gasteiger charge is -2.02. The molecule has 13 heavy (non-hydrogen) atoms. The van der Waals surface area contributed by atoms with Gasteiger partial charge in [-0.3, -0.25) is 4.79 Å². The summed E-state index contributed by atoms with van der Waals surface area (Å²) < 4.78 is 13.0. The summed E-state index contributed by atoms with van der Waals surface area (Å²) in [5, 5.41) is 0. The first-order chi connectivity index (χ1) is 6.13. The number of carbonyl (C=O) groups excluding carboxylic acids is 1. The fourth-order valence-electron chi connectivity index (χ4n) is 1.10. The molecule has 1 rings (SSSR count). The molecule has 0 unspecified atom stereocenters. The van der Waals surface area contributed by atoms with Gasteiger partial charge in [-0.05, 0) is 30.9 Å². The molecular formula is C10H11FOS. The molecule has 0 aliphatic heterocycles. The Morgan fingerprint density at radius 2 is 2.23 bits per heavy atom. The van der Waals surface area contributed by atoms with Gasteiger partial charge in [-0.2, -0.15) is 0 Å². The third kappa shape index (κ3) is 2.84. The molecule has 0 fully saturated rings. The monoisotopic (exact) mass is 198 g/mol. The van der Waals surface area contributed by atoms with E-state index in [1.165, 1.54) is 24.8 Å². The van der Waals surface area contributed by atoms with Crippen molar-refractivity contribution >= 4 is 17.5 Å². The van der Waals surface area contributed by atoms with Crippen molar-refractivity contribution in [2.75, 3.05) is 6.26 Å². The van der Waals surface area contributed by atoms with Crippen LogP contribution in [0.25, 0.3) is 0 Å². The summed E-state index contributed by atoms with van der Waals surface area (Å²) in [7, 11) is 0. The van der Waals surface area contributed by atoms with E-state index >= 15 is 0 Å². The molecule has 0 amide bonds. The zero-order valence-corrected chi connectivity index (χ0v) is 8.45. The Bertz CT molecular complexity index is 323. The number of thioether (sulfide) groups is 1. The summed E-state index contributed by atoms with van der Waals surface area (Å²) in [5.74, 6) is -0.126. The van der Waals surface area contributed by atoms with Gasteiger partial charge in [0.1, 0.15) is 11.6 Å². The maximum atomic E-state index is 13.0. The molecule has 0 radical (unpaired) electrons. The molecule has 0 saturated carbocycles. The predicted molar refractivity (Wildman–Crippen MR) is 52.6 cm³/mol. The topological polar surface area (TPSA) is 17.1 Å². The van der Waals surface area contributed by atoms with Gasteiger partial charge in [0, 0.05) is 11.3 Å². The van der Waals surface area contributed by atoms with Crippen molar-refractivity contribution in [3.63, 3.8) is 0 Å². The molecule has 1 aromatic rings. The molecule has 70 valence electrons. The van der Waals surface area contributed by atoms with Gasteiger partial charge >= 0.3 is 0 Å². The van der Waals surface area contributed by atoms with Crippen LogP contribution in [0, 0.1) is 5.82 Å². The summed E-state index contributed by atoms with van der Waals surface area (Å²) in [6, 6.07) is 4.78. The highest BCUT2D eigenvalue weighted by atomic mass is 32.2. The number of carbonyl (C=O) groups is 1. The Hall–Kier alpha value is -0.830. The van der Waals surface area contributed by atoms with Crippen LogP contribution in [0.1, 0.15) is 12.5 Å². The molecule has 1 aromatic carbocycles.